The van der Waals surface area contributed by atoms with Crippen LogP contribution < -0.4 is 14.8 Å². The Morgan fingerprint density at radius 3 is 2.45 bits per heavy atom. The van der Waals surface area contributed by atoms with Crippen molar-refractivity contribution in [3.8, 4) is 11.6 Å². The van der Waals surface area contributed by atoms with Crippen LogP contribution in [0.5, 0.6) is 11.6 Å². The molecular formula is C21H20ClN3O5S. The van der Waals surface area contributed by atoms with Gasteiger partial charge in [-0.1, -0.05) is 11.6 Å². The highest BCUT2D eigenvalue weighted by molar-refractivity contribution is 7.92. The zero-order valence-electron chi connectivity index (χ0n) is 16.5. The number of amides is 1. The zero-order chi connectivity index (χ0) is 22.3. The fourth-order valence-corrected chi connectivity index (χ4v) is 3.72. The molecule has 162 valence electrons. The highest BCUT2D eigenvalue weighted by Gasteiger charge is 2.16. The maximum atomic E-state index is 12.5. The number of halogens is 1. The van der Waals surface area contributed by atoms with E-state index in [1.165, 1.54) is 30.5 Å². The van der Waals surface area contributed by atoms with E-state index >= 15 is 0 Å². The predicted molar refractivity (Wildman–Crippen MR) is 117 cm³/mol. The van der Waals surface area contributed by atoms with Gasteiger partial charge in [0, 0.05) is 30.6 Å². The molecule has 1 heterocycles. The first kappa shape index (κ1) is 22.5. The molecule has 3 rings (SSSR count). The molecule has 0 saturated heterocycles. The van der Waals surface area contributed by atoms with Crippen LogP contribution in [0.3, 0.4) is 0 Å². The van der Waals surface area contributed by atoms with Gasteiger partial charge in [0.05, 0.1) is 11.5 Å². The number of rotatable bonds is 9. The number of hydrogen-bond donors (Lipinski definition) is 2. The highest BCUT2D eigenvalue weighted by Crippen LogP contribution is 2.25. The molecular weight excluding hydrogens is 442 g/mol. The number of methoxy groups -OCH3 is 1. The molecule has 0 bridgehead atoms. The number of pyridine rings is 1. The summed E-state index contributed by atoms with van der Waals surface area (Å²) in [5, 5.41) is 3.16. The number of nitrogens with zero attached hydrogens (tertiary/aromatic N) is 1. The molecule has 3 aromatic rings. The van der Waals surface area contributed by atoms with Crippen molar-refractivity contribution in [2.24, 2.45) is 0 Å². The number of hydrogen-bond acceptors (Lipinski definition) is 6. The molecule has 1 aromatic heterocycles. The number of aromatic nitrogens is 1. The summed E-state index contributed by atoms with van der Waals surface area (Å²) >= 11 is 5.80. The van der Waals surface area contributed by atoms with Crippen LogP contribution in [0.1, 0.15) is 10.4 Å². The van der Waals surface area contributed by atoms with Crippen molar-refractivity contribution in [3.05, 3.63) is 77.4 Å². The van der Waals surface area contributed by atoms with E-state index in [0.29, 0.717) is 29.6 Å². The molecule has 2 aromatic carbocycles. The lowest BCUT2D eigenvalue weighted by molar-refractivity contribution is 0.0934. The van der Waals surface area contributed by atoms with Crippen LogP contribution in [0.2, 0.25) is 5.02 Å². The molecule has 0 radical (unpaired) electrons. The van der Waals surface area contributed by atoms with E-state index < -0.39 is 10.0 Å². The molecule has 0 fully saturated rings. The molecule has 2 N–H and O–H groups in total. The van der Waals surface area contributed by atoms with Crippen LogP contribution in [0.4, 0.5) is 5.69 Å². The summed E-state index contributed by atoms with van der Waals surface area (Å²) in [6.07, 6.45) is 1.51. The van der Waals surface area contributed by atoms with Crippen LogP contribution in [0.25, 0.3) is 0 Å². The summed E-state index contributed by atoms with van der Waals surface area (Å²) in [7, 11) is -2.21. The van der Waals surface area contributed by atoms with Gasteiger partial charge in [0.2, 0.25) is 5.88 Å². The Hall–Kier alpha value is -3.14. The summed E-state index contributed by atoms with van der Waals surface area (Å²) in [6.45, 7) is 0.738. The molecule has 0 saturated carbocycles. The third-order valence-corrected chi connectivity index (χ3v) is 5.70. The van der Waals surface area contributed by atoms with Gasteiger partial charge in [-0.3, -0.25) is 9.52 Å². The Kier molecular flexibility index (Phi) is 7.45. The summed E-state index contributed by atoms with van der Waals surface area (Å²) < 4.78 is 38.1. The maximum absolute atomic E-state index is 12.5. The Morgan fingerprint density at radius 2 is 1.77 bits per heavy atom. The first-order chi connectivity index (χ1) is 14.9. The van der Waals surface area contributed by atoms with Gasteiger partial charge in [0.25, 0.3) is 15.9 Å². The summed E-state index contributed by atoms with van der Waals surface area (Å²) in [5.41, 5.74) is 0.618. The fraction of sp³-hybridized carbons (Fsp3) is 0.143. The molecule has 0 spiro atoms. The van der Waals surface area contributed by atoms with Crippen LogP contribution in [-0.2, 0) is 14.8 Å². The molecule has 0 aliphatic rings. The molecule has 8 nitrogen and oxygen atoms in total. The van der Waals surface area contributed by atoms with Crippen molar-refractivity contribution in [2.75, 3.05) is 25.0 Å². The minimum absolute atomic E-state index is 0.0924. The standard InChI is InChI=1S/C21H20ClN3O5S/c1-29-14-13-23-20(26)19-3-2-12-24-21(19)30-17-8-6-16(7-9-17)25-31(27,28)18-10-4-15(22)5-11-18/h2-12,25H,13-14H2,1H3,(H,23,26). The van der Waals surface area contributed by atoms with Crippen LogP contribution in [-0.4, -0.2) is 39.6 Å². The van der Waals surface area contributed by atoms with Gasteiger partial charge in [0.1, 0.15) is 11.3 Å². The summed E-state index contributed by atoms with van der Waals surface area (Å²) in [5.74, 6) is 0.179. The lowest BCUT2D eigenvalue weighted by Crippen LogP contribution is -2.27. The average molecular weight is 462 g/mol. The first-order valence-corrected chi connectivity index (χ1v) is 11.0. The Morgan fingerprint density at radius 1 is 1.06 bits per heavy atom. The first-order valence-electron chi connectivity index (χ1n) is 9.17. The van der Waals surface area contributed by atoms with Gasteiger partial charge in [-0.05, 0) is 60.7 Å². The smallest absolute Gasteiger partial charge is 0.261 e. The van der Waals surface area contributed by atoms with Crippen LogP contribution in [0.15, 0.2) is 71.8 Å². The van der Waals surface area contributed by atoms with E-state index in [9.17, 15) is 13.2 Å². The van der Waals surface area contributed by atoms with Crippen molar-refractivity contribution >= 4 is 33.2 Å². The lowest BCUT2D eigenvalue weighted by Gasteiger charge is -2.11. The van der Waals surface area contributed by atoms with E-state index in [-0.39, 0.29) is 22.2 Å². The largest absolute Gasteiger partial charge is 0.438 e. The van der Waals surface area contributed by atoms with E-state index in [4.69, 9.17) is 21.1 Å². The molecule has 1 amide bonds. The van der Waals surface area contributed by atoms with Crippen molar-refractivity contribution in [1.29, 1.82) is 0 Å². The number of carbonyl (C=O) groups is 1. The van der Waals surface area contributed by atoms with Crippen molar-refractivity contribution in [1.82, 2.24) is 10.3 Å². The topological polar surface area (TPSA) is 107 Å². The van der Waals surface area contributed by atoms with Gasteiger partial charge < -0.3 is 14.8 Å². The minimum Gasteiger partial charge on any atom is -0.438 e. The van der Waals surface area contributed by atoms with Crippen LogP contribution >= 0.6 is 11.6 Å². The number of benzene rings is 2. The monoisotopic (exact) mass is 461 g/mol. The van der Waals surface area contributed by atoms with Gasteiger partial charge in [-0.25, -0.2) is 13.4 Å². The second-order valence-electron chi connectivity index (χ2n) is 6.29. The second-order valence-corrected chi connectivity index (χ2v) is 8.41. The fourth-order valence-electron chi connectivity index (χ4n) is 2.54. The number of nitrogens with one attached hydrogen (secondary N) is 2. The summed E-state index contributed by atoms with van der Waals surface area (Å²) in [6, 6.07) is 15.3. The highest BCUT2D eigenvalue weighted by atomic mass is 35.5. The summed E-state index contributed by atoms with van der Waals surface area (Å²) in [4.78, 5) is 16.5. The van der Waals surface area contributed by atoms with Crippen molar-refractivity contribution in [2.45, 2.75) is 4.90 Å². The van der Waals surface area contributed by atoms with Gasteiger partial charge in [-0.15, -0.1) is 0 Å². The van der Waals surface area contributed by atoms with E-state index in [1.807, 2.05) is 0 Å². The SMILES string of the molecule is COCCNC(=O)c1cccnc1Oc1ccc(NS(=O)(=O)c2ccc(Cl)cc2)cc1. The Balaban J connectivity index is 1.70. The van der Waals surface area contributed by atoms with Crippen molar-refractivity contribution in [3.63, 3.8) is 0 Å². The molecule has 31 heavy (non-hydrogen) atoms. The molecule has 0 atom stereocenters. The van der Waals surface area contributed by atoms with E-state index in [2.05, 4.69) is 15.0 Å². The van der Waals surface area contributed by atoms with Crippen LogP contribution in [0, 0.1) is 0 Å². The quantitative estimate of drug-likeness (QED) is 0.470. The normalized spacial score (nSPS) is 11.0. The molecule has 0 unspecified atom stereocenters. The van der Waals surface area contributed by atoms with E-state index in [1.54, 1.807) is 43.5 Å². The molecule has 0 aliphatic carbocycles. The minimum atomic E-state index is -3.76. The molecule has 10 heteroatoms. The third-order valence-electron chi connectivity index (χ3n) is 4.05. The van der Waals surface area contributed by atoms with Crippen molar-refractivity contribution < 1.29 is 22.7 Å². The van der Waals surface area contributed by atoms with E-state index in [0.717, 1.165) is 0 Å². The maximum Gasteiger partial charge on any atom is 0.261 e. The van der Waals surface area contributed by atoms with Gasteiger partial charge >= 0.3 is 0 Å². The van der Waals surface area contributed by atoms with Gasteiger partial charge in [0.15, 0.2) is 0 Å². The second kappa shape index (κ2) is 10.3. The number of anilines is 1. The lowest BCUT2D eigenvalue weighted by atomic mass is 10.2. The number of sulfonamides is 1. The number of carbonyl (C=O) groups excluding carboxylic acids is 1. The third kappa shape index (κ3) is 6.17. The van der Waals surface area contributed by atoms with Gasteiger partial charge in [-0.2, -0.15) is 0 Å². The molecule has 0 aliphatic heterocycles. The average Bonchev–Trinajstić information content (AvgIpc) is 2.76. The zero-order valence-corrected chi connectivity index (χ0v) is 18.1. The predicted octanol–water partition coefficient (Wildman–Crippen LogP) is 3.70. The number of ether oxygens (including phenoxy) is 2. The Bertz CT molecular complexity index is 1140. The Labute approximate surface area is 185 Å².